The van der Waals surface area contributed by atoms with Crippen LogP contribution in [0.25, 0.3) is 0 Å². The SMILES string of the molecule is CCOC(=O)C1=C(C)N(C2CCSC2)C2=C(C1)C(=O)CCC2. The first-order chi connectivity index (χ1) is 10.6. The van der Waals surface area contributed by atoms with Gasteiger partial charge in [-0.15, -0.1) is 0 Å². The van der Waals surface area contributed by atoms with E-state index in [1.165, 1.54) is 5.70 Å². The van der Waals surface area contributed by atoms with Crippen molar-refractivity contribution in [1.82, 2.24) is 4.90 Å². The van der Waals surface area contributed by atoms with Crippen LogP contribution in [-0.4, -0.2) is 40.8 Å². The van der Waals surface area contributed by atoms with E-state index >= 15 is 0 Å². The third-order valence-corrected chi connectivity index (χ3v) is 5.88. The smallest absolute Gasteiger partial charge is 0.336 e. The summed E-state index contributed by atoms with van der Waals surface area (Å²) in [4.78, 5) is 27.0. The van der Waals surface area contributed by atoms with E-state index in [1.54, 1.807) is 0 Å². The van der Waals surface area contributed by atoms with Gasteiger partial charge in [-0.1, -0.05) is 0 Å². The average molecular weight is 321 g/mol. The summed E-state index contributed by atoms with van der Waals surface area (Å²) >= 11 is 1.95. The fourth-order valence-electron chi connectivity index (χ4n) is 3.66. The molecule has 0 N–H and O–H groups in total. The summed E-state index contributed by atoms with van der Waals surface area (Å²) < 4.78 is 5.22. The van der Waals surface area contributed by atoms with Crippen molar-refractivity contribution >= 4 is 23.5 Å². The summed E-state index contributed by atoms with van der Waals surface area (Å²) in [5.41, 5.74) is 3.71. The van der Waals surface area contributed by atoms with E-state index in [0.29, 0.717) is 31.1 Å². The quantitative estimate of drug-likeness (QED) is 0.748. The number of ketones is 1. The molecule has 3 rings (SSSR count). The molecule has 1 atom stereocenters. The molecule has 0 aromatic heterocycles. The molecule has 4 nitrogen and oxygen atoms in total. The van der Waals surface area contributed by atoms with Gasteiger partial charge in [0.05, 0.1) is 12.2 Å². The monoisotopic (exact) mass is 321 g/mol. The lowest BCUT2D eigenvalue weighted by molar-refractivity contribution is -0.138. The highest BCUT2D eigenvalue weighted by Gasteiger charge is 2.37. The summed E-state index contributed by atoms with van der Waals surface area (Å²) in [7, 11) is 0. The van der Waals surface area contributed by atoms with Gasteiger partial charge in [0.15, 0.2) is 5.78 Å². The molecule has 5 heteroatoms. The Bertz CT molecular complexity index is 558. The molecule has 0 saturated carbocycles. The molecule has 0 aromatic carbocycles. The zero-order valence-electron chi connectivity index (χ0n) is 13.3. The molecule has 2 aliphatic heterocycles. The number of esters is 1. The van der Waals surface area contributed by atoms with Crippen molar-refractivity contribution in [1.29, 1.82) is 0 Å². The second-order valence-electron chi connectivity index (χ2n) is 6.05. The minimum Gasteiger partial charge on any atom is -0.463 e. The number of Topliss-reactive ketones (excluding diaryl/α,β-unsaturated/α-hetero) is 1. The molecule has 0 bridgehead atoms. The molecule has 0 amide bonds. The van der Waals surface area contributed by atoms with Gasteiger partial charge in [0.25, 0.3) is 0 Å². The van der Waals surface area contributed by atoms with Crippen LogP contribution < -0.4 is 0 Å². The van der Waals surface area contributed by atoms with E-state index in [9.17, 15) is 9.59 Å². The summed E-state index contributed by atoms with van der Waals surface area (Å²) in [6.07, 6.45) is 4.06. The number of nitrogens with zero attached hydrogens (tertiary/aromatic N) is 1. The van der Waals surface area contributed by atoms with Gasteiger partial charge in [0.2, 0.25) is 0 Å². The van der Waals surface area contributed by atoms with Crippen LogP contribution in [0.1, 0.15) is 46.0 Å². The Labute approximate surface area is 136 Å². The van der Waals surface area contributed by atoms with Gasteiger partial charge in [-0.2, -0.15) is 11.8 Å². The van der Waals surface area contributed by atoms with E-state index in [-0.39, 0.29) is 11.8 Å². The zero-order valence-corrected chi connectivity index (χ0v) is 14.1. The Morgan fingerprint density at radius 2 is 2.23 bits per heavy atom. The van der Waals surface area contributed by atoms with Crippen LogP contribution in [0.5, 0.6) is 0 Å². The molecule has 1 unspecified atom stereocenters. The number of hydrogen-bond donors (Lipinski definition) is 0. The lowest BCUT2D eigenvalue weighted by atomic mass is 9.85. The molecule has 1 saturated heterocycles. The molecule has 0 radical (unpaired) electrons. The van der Waals surface area contributed by atoms with Crippen molar-refractivity contribution in [3.8, 4) is 0 Å². The second-order valence-corrected chi connectivity index (χ2v) is 7.20. The molecular weight excluding hydrogens is 298 g/mol. The number of rotatable bonds is 3. The largest absolute Gasteiger partial charge is 0.463 e. The zero-order chi connectivity index (χ0) is 15.7. The number of ether oxygens (including phenoxy) is 1. The van der Waals surface area contributed by atoms with Crippen LogP contribution in [0, 0.1) is 0 Å². The minimum atomic E-state index is -0.263. The third-order valence-electron chi connectivity index (χ3n) is 4.74. The van der Waals surface area contributed by atoms with Gasteiger partial charge in [-0.25, -0.2) is 4.79 Å². The maximum Gasteiger partial charge on any atom is 0.336 e. The minimum absolute atomic E-state index is 0.214. The predicted molar refractivity (Wildman–Crippen MR) is 87.4 cm³/mol. The van der Waals surface area contributed by atoms with Crippen LogP contribution >= 0.6 is 11.8 Å². The van der Waals surface area contributed by atoms with Gasteiger partial charge in [-0.05, 0) is 38.9 Å². The summed E-state index contributed by atoms with van der Waals surface area (Å²) in [6, 6.07) is 0.408. The van der Waals surface area contributed by atoms with E-state index < -0.39 is 0 Å². The summed E-state index contributed by atoms with van der Waals surface area (Å²) in [5.74, 6) is 2.17. The molecule has 1 aliphatic carbocycles. The van der Waals surface area contributed by atoms with Crippen molar-refractivity contribution in [2.45, 2.75) is 52.0 Å². The number of carbonyl (C=O) groups excluding carboxylic acids is 2. The predicted octanol–water partition coefficient (Wildman–Crippen LogP) is 3.04. The molecule has 0 aromatic rings. The van der Waals surface area contributed by atoms with Crippen LogP contribution in [0.15, 0.2) is 22.5 Å². The number of thioether (sulfide) groups is 1. The van der Waals surface area contributed by atoms with E-state index in [4.69, 9.17) is 4.74 Å². The normalized spacial score (nSPS) is 25.6. The Morgan fingerprint density at radius 3 is 2.91 bits per heavy atom. The van der Waals surface area contributed by atoms with Gasteiger partial charge >= 0.3 is 5.97 Å². The fourth-order valence-corrected chi connectivity index (χ4v) is 4.85. The van der Waals surface area contributed by atoms with E-state index in [2.05, 4.69) is 4.90 Å². The lowest BCUT2D eigenvalue weighted by Gasteiger charge is -2.40. The van der Waals surface area contributed by atoms with Crippen molar-refractivity contribution in [3.05, 3.63) is 22.5 Å². The highest BCUT2D eigenvalue weighted by Crippen LogP contribution is 2.41. The number of allylic oxidation sites excluding steroid dienone is 3. The Kier molecular flexibility index (Phi) is 4.62. The molecule has 1 fully saturated rings. The highest BCUT2D eigenvalue weighted by molar-refractivity contribution is 7.99. The van der Waals surface area contributed by atoms with Crippen LogP contribution in [0.3, 0.4) is 0 Å². The lowest BCUT2D eigenvalue weighted by Crippen LogP contribution is -2.40. The highest BCUT2D eigenvalue weighted by atomic mass is 32.2. The van der Waals surface area contributed by atoms with Crippen molar-refractivity contribution < 1.29 is 14.3 Å². The maximum atomic E-state index is 12.4. The van der Waals surface area contributed by atoms with E-state index in [0.717, 1.165) is 42.0 Å². The number of carbonyl (C=O) groups is 2. The Hall–Kier alpha value is -1.23. The molecule has 22 heavy (non-hydrogen) atoms. The summed E-state index contributed by atoms with van der Waals surface area (Å²) in [5, 5.41) is 0. The van der Waals surface area contributed by atoms with Crippen LogP contribution in [0.2, 0.25) is 0 Å². The second kappa shape index (κ2) is 6.49. The molecule has 2 heterocycles. The number of hydrogen-bond acceptors (Lipinski definition) is 5. The van der Waals surface area contributed by atoms with Gasteiger partial charge in [0, 0.05) is 41.6 Å². The molecular formula is C17H23NO3S. The van der Waals surface area contributed by atoms with Gasteiger partial charge in [0.1, 0.15) is 0 Å². The standard InChI is InChI=1S/C17H23NO3S/c1-3-21-17(20)13-9-14-15(5-4-6-16(14)19)18(11(13)2)12-7-8-22-10-12/h12H,3-10H2,1-2H3. The van der Waals surface area contributed by atoms with Crippen LogP contribution in [-0.2, 0) is 14.3 Å². The third kappa shape index (κ3) is 2.71. The first kappa shape index (κ1) is 15.7. The van der Waals surface area contributed by atoms with Crippen molar-refractivity contribution in [3.63, 3.8) is 0 Å². The maximum absolute atomic E-state index is 12.4. The van der Waals surface area contributed by atoms with Gasteiger partial charge < -0.3 is 9.64 Å². The molecule has 3 aliphatic rings. The van der Waals surface area contributed by atoms with Crippen LogP contribution in [0.4, 0.5) is 0 Å². The van der Waals surface area contributed by atoms with Crippen molar-refractivity contribution in [2.24, 2.45) is 0 Å². The summed E-state index contributed by atoms with van der Waals surface area (Å²) in [6.45, 7) is 4.20. The molecule has 0 spiro atoms. The fraction of sp³-hybridized carbons (Fsp3) is 0.647. The first-order valence-electron chi connectivity index (χ1n) is 8.12. The van der Waals surface area contributed by atoms with Gasteiger partial charge in [-0.3, -0.25) is 4.79 Å². The molecule has 120 valence electrons. The average Bonchev–Trinajstić information content (AvgIpc) is 3.01. The Morgan fingerprint density at radius 1 is 1.41 bits per heavy atom. The van der Waals surface area contributed by atoms with E-state index in [1.807, 2.05) is 25.6 Å². The van der Waals surface area contributed by atoms with Crippen molar-refractivity contribution in [2.75, 3.05) is 18.1 Å². The Balaban J connectivity index is 2.00. The topological polar surface area (TPSA) is 46.6 Å². The first-order valence-corrected chi connectivity index (χ1v) is 9.28.